The van der Waals surface area contributed by atoms with Gasteiger partial charge in [-0.3, -0.25) is 4.79 Å². The van der Waals surface area contributed by atoms with Gasteiger partial charge in [0.25, 0.3) is 0 Å². The van der Waals surface area contributed by atoms with E-state index in [9.17, 15) is 14.7 Å². The topological polar surface area (TPSA) is 78.4 Å². The number of rotatable bonds is 4. The van der Waals surface area contributed by atoms with E-state index in [1.54, 1.807) is 0 Å². The Labute approximate surface area is 117 Å². The first-order valence-electron chi connectivity index (χ1n) is 7.03. The summed E-state index contributed by atoms with van der Waals surface area (Å²) >= 11 is 0. The van der Waals surface area contributed by atoms with Crippen LogP contribution in [0.25, 0.3) is 0 Å². The number of carbonyl (C=O) groups is 2. The van der Waals surface area contributed by atoms with Gasteiger partial charge in [-0.2, -0.15) is 0 Å². The Bertz CT molecular complexity index is 540. The van der Waals surface area contributed by atoms with Gasteiger partial charge >= 0.3 is 5.97 Å². The normalized spacial score (nSPS) is 22.3. The number of carboxylic acid groups (broad SMARTS) is 1. The van der Waals surface area contributed by atoms with Gasteiger partial charge in [0.15, 0.2) is 0 Å². The molecule has 5 nitrogen and oxygen atoms in total. The standard InChI is InChI=1S/C15H18N2O3/c18-14(17-13(15(19)20)9-5-6-9)11-7-8-16-12-4-2-1-3-10(11)12/h1-4,9,11,13,16H,5-8H2,(H,17,18)(H,19,20). The van der Waals surface area contributed by atoms with Gasteiger partial charge in [0.2, 0.25) is 5.91 Å². The van der Waals surface area contributed by atoms with Crippen molar-refractivity contribution in [1.29, 1.82) is 0 Å². The average Bonchev–Trinajstić information content (AvgIpc) is 3.28. The van der Waals surface area contributed by atoms with E-state index in [2.05, 4.69) is 10.6 Å². The number of fused-ring (bicyclic) bond motifs is 1. The molecule has 106 valence electrons. The number of nitrogens with one attached hydrogen (secondary N) is 2. The molecule has 5 heteroatoms. The number of carboxylic acids is 1. The van der Waals surface area contributed by atoms with Gasteiger partial charge in [-0.05, 0) is 36.8 Å². The lowest BCUT2D eigenvalue weighted by Gasteiger charge is -2.27. The van der Waals surface area contributed by atoms with Crippen molar-refractivity contribution < 1.29 is 14.7 Å². The van der Waals surface area contributed by atoms with Crippen LogP contribution in [0.3, 0.4) is 0 Å². The first-order chi connectivity index (χ1) is 9.66. The van der Waals surface area contributed by atoms with Gasteiger partial charge in [0.05, 0.1) is 5.92 Å². The Kier molecular flexibility index (Phi) is 3.34. The summed E-state index contributed by atoms with van der Waals surface area (Å²) in [5.74, 6) is -1.25. The average molecular weight is 274 g/mol. The summed E-state index contributed by atoms with van der Waals surface area (Å²) in [7, 11) is 0. The summed E-state index contributed by atoms with van der Waals surface area (Å²) in [4.78, 5) is 23.6. The highest BCUT2D eigenvalue weighted by atomic mass is 16.4. The first-order valence-corrected chi connectivity index (χ1v) is 7.03. The number of anilines is 1. The van der Waals surface area contributed by atoms with Crippen LogP contribution >= 0.6 is 0 Å². The van der Waals surface area contributed by atoms with Crippen molar-refractivity contribution in [2.45, 2.75) is 31.2 Å². The number of hydrogen-bond donors (Lipinski definition) is 3. The monoisotopic (exact) mass is 274 g/mol. The molecule has 3 N–H and O–H groups in total. The quantitative estimate of drug-likeness (QED) is 0.778. The third-order valence-electron chi connectivity index (χ3n) is 4.06. The molecule has 0 radical (unpaired) electrons. The van der Waals surface area contributed by atoms with Crippen LogP contribution in [0.1, 0.15) is 30.7 Å². The van der Waals surface area contributed by atoms with Crippen LogP contribution in [-0.2, 0) is 9.59 Å². The van der Waals surface area contributed by atoms with Crippen LogP contribution in [0.5, 0.6) is 0 Å². The predicted octanol–water partition coefficient (Wildman–Crippen LogP) is 1.57. The minimum absolute atomic E-state index is 0.105. The number of hydrogen-bond acceptors (Lipinski definition) is 3. The van der Waals surface area contributed by atoms with E-state index in [1.165, 1.54) is 0 Å². The molecule has 3 rings (SSSR count). The molecule has 0 bridgehead atoms. The molecule has 20 heavy (non-hydrogen) atoms. The van der Waals surface area contributed by atoms with Gasteiger partial charge in [-0.1, -0.05) is 18.2 Å². The first kappa shape index (κ1) is 13.0. The fourth-order valence-corrected chi connectivity index (χ4v) is 2.81. The smallest absolute Gasteiger partial charge is 0.326 e. The van der Waals surface area contributed by atoms with Crippen molar-refractivity contribution in [3.05, 3.63) is 29.8 Å². The number of benzene rings is 1. The van der Waals surface area contributed by atoms with E-state index in [-0.39, 0.29) is 17.7 Å². The minimum atomic E-state index is -0.928. The molecule has 1 heterocycles. The van der Waals surface area contributed by atoms with E-state index in [0.29, 0.717) is 6.42 Å². The Morgan fingerprint density at radius 2 is 2.00 bits per heavy atom. The fraction of sp³-hybridized carbons (Fsp3) is 0.467. The van der Waals surface area contributed by atoms with E-state index >= 15 is 0 Å². The third-order valence-corrected chi connectivity index (χ3v) is 4.06. The predicted molar refractivity (Wildman–Crippen MR) is 74.6 cm³/mol. The Morgan fingerprint density at radius 3 is 2.70 bits per heavy atom. The molecule has 2 aliphatic rings. The van der Waals surface area contributed by atoms with Gasteiger partial charge in [-0.25, -0.2) is 4.79 Å². The molecule has 1 aliphatic heterocycles. The zero-order chi connectivity index (χ0) is 14.1. The van der Waals surface area contributed by atoms with Crippen molar-refractivity contribution in [1.82, 2.24) is 5.32 Å². The number of para-hydroxylation sites is 1. The van der Waals surface area contributed by atoms with E-state index in [1.807, 2.05) is 24.3 Å². The highest BCUT2D eigenvalue weighted by Crippen LogP contribution is 2.35. The van der Waals surface area contributed by atoms with Crippen LogP contribution in [0.4, 0.5) is 5.69 Å². The molecule has 1 saturated carbocycles. The lowest BCUT2D eigenvalue weighted by Crippen LogP contribution is -2.45. The molecule has 1 aromatic carbocycles. The minimum Gasteiger partial charge on any atom is -0.480 e. The Hall–Kier alpha value is -2.04. The van der Waals surface area contributed by atoms with Crippen LogP contribution in [-0.4, -0.2) is 29.6 Å². The van der Waals surface area contributed by atoms with Crippen molar-refractivity contribution in [3.63, 3.8) is 0 Å². The van der Waals surface area contributed by atoms with Crippen molar-refractivity contribution in [2.24, 2.45) is 5.92 Å². The number of amides is 1. The molecule has 0 aromatic heterocycles. The molecule has 0 spiro atoms. The van der Waals surface area contributed by atoms with E-state index in [0.717, 1.165) is 30.6 Å². The maximum atomic E-state index is 12.4. The maximum absolute atomic E-state index is 12.4. The van der Waals surface area contributed by atoms with Crippen LogP contribution in [0.15, 0.2) is 24.3 Å². The number of carbonyl (C=O) groups excluding carboxylic acids is 1. The maximum Gasteiger partial charge on any atom is 0.326 e. The summed E-state index contributed by atoms with van der Waals surface area (Å²) in [6.07, 6.45) is 2.47. The molecular formula is C15H18N2O3. The van der Waals surface area contributed by atoms with Crippen LogP contribution in [0.2, 0.25) is 0 Å². The van der Waals surface area contributed by atoms with Crippen molar-refractivity contribution in [2.75, 3.05) is 11.9 Å². The van der Waals surface area contributed by atoms with Crippen LogP contribution < -0.4 is 10.6 Å². The molecule has 1 amide bonds. The summed E-state index contributed by atoms with van der Waals surface area (Å²) in [5, 5.41) is 15.2. The highest BCUT2D eigenvalue weighted by molar-refractivity contribution is 5.90. The molecule has 2 atom stereocenters. The number of aliphatic carboxylic acids is 1. The zero-order valence-corrected chi connectivity index (χ0v) is 11.1. The molecular weight excluding hydrogens is 256 g/mol. The SMILES string of the molecule is O=C(NC(C(=O)O)C1CC1)C1CCNc2ccccc21. The van der Waals surface area contributed by atoms with Crippen LogP contribution in [0, 0.1) is 5.92 Å². The van der Waals surface area contributed by atoms with Gasteiger partial charge in [0, 0.05) is 12.2 Å². The van der Waals surface area contributed by atoms with Gasteiger partial charge < -0.3 is 15.7 Å². The van der Waals surface area contributed by atoms with Gasteiger partial charge in [0.1, 0.15) is 6.04 Å². The molecule has 1 aromatic rings. The van der Waals surface area contributed by atoms with Crippen molar-refractivity contribution >= 4 is 17.6 Å². The highest BCUT2D eigenvalue weighted by Gasteiger charge is 2.39. The fourth-order valence-electron chi connectivity index (χ4n) is 2.81. The third kappa shape index (κ3) is 2.48. The second-order valence-electron chi connectivity index (χ2n) is 5.52. The summed E-state index contributed by atoms with van der Waals surface area (Å²) in [6.45, 7) is 0.732. The molecule has 2 unspecified atom stereocenters. The van der Waals surface area contributed by atoms with Crippen molar-refractivity contribution in [3.8, 4) is 0 Å². The lowest BCUT2D eigenvalue weighted by molar-refractivity contribution is -0.142. The lowest BCUT2D eigenvalue weighted by atomic mass is 9.90. The van der Waals surface area contributed by atoms with Gasteiger partial charge in [-0.15, -0.1) is 0 Å². The summed E-state index contributed by atoms with van der Waals surface area (Å²) in [6, 6.07) is 6.98. The Morgan fingerprint density at radius 1 is 1.25 bits per heavy atom. The van der Waals surface area contributed by atoms with E-state index < -0.39 is 12.0 Å². The largest absolute Gasteiger partial charge is 0.480 e. The Balaban J connectivity index is 1.76. The summed E-state index contributed by atoms with van der Waals surface area (Å²) < 4.78 is 0. The molecule has 1 aliphatic carbocycles. The van der Waals surface area contributed by atoms with E-state index in [4.69, 9.17) is 0 Å². The zero-order valence-electron chi connectivity index (χ0n) is 11.1. The molecule has 1 fully saturated rings. The summed E-state index contributed by atoms with van der Waals surface area (Å²) in [5.41, 5.74) is 1.92. The second-order valence-corrected chi connectivity index (χ2v) is 5.52. The molecule has 0 saturated heterocycles. The second kappa shape index (κ2) is 5.15.